The lowest BCUT2D eigenvalue weighted by Gasteiger charge is -2.19. The van der Waals surface area contributed by atoms with Crippen LogP contribution in [0.3, 0.4) is 0 Å². The maximum absolute atomic E-state index is 11.2. The second-order valence-electron chi connectivity index (χ2n) is 5.55. The van der Waals surface area contributed by atoms with Crippen molar-refractivity contribution in [2.45, 2.75) is 11.4 Å². The molecule has 0 saturated heterocycles. The van der Waals surface area contributed by atoms with E-state index in [9.17, 15) is 10.1 Å². The first kappa shape index (κ1) is 16.2. The Bertz CT molecular complexity index is 997. The van der Waals surface area contributed by atoms with Crippen LogP contribution in [0.25, 0.3) is 0 Å². The van der Waals surface area contributed by atoms with E-state index in [1.165, 1.54) is 6.07 Å². The van der Waals surface area contributed by atoms with Crippen molar-refractivity contribution in [1.29, 1.82) is 0 Å². The summed E-state index contributed by atoms with van der Waals surface area (Å²) in [7, 11) is 0. The maximum Gasteiger partial charge on any atom is 0.284 e. The summed E-state index contributed by atoms with van der Waals surface area (Å²) in [6.07, 6.45) is 5.45. The lowest BCUT2D eigenvalue weighted by molar-refractivity contribution is -0.387. The molecule has 2 aromatic carbocycles. The Labute approximate surface area is 153 Å². The quantitative estimate of drug-likeness (QED) is 0.471. The molecule has 0 aliphatic carbocycles. The Hall–Kier alpha value is -3.26. The molecule has 2 aliphatic heterocycles. The normalized spacial score (nSPS) is 16.7. The predicted molar refractivity (Wildman–Crippen MR) is 103 cm³/mol. The van der Waals surface area contributed by atoms with Gasteiger partial charge in [-0.3, -0.25) is 10.1 Å². The number of allylic oxidation sites excluding steroid dienone is 1. The number of fused-ring (bicyclic) bond motifs is 2. The summed E-state index contributed by atoms with van der Waals surface area (Å²) in [5, 5.41) is 11.2. The topological polar surface area (TPSA) is 83.5 Å². The van der Waals surface area contributed by atoms with Crippen molar-refractivity contribution in [3.8, 4) is 0 Å². The van der Waals surface area contributed by atoms with E-state index in [1.807, 2.05) is 41.4 Å². The van der Waals surface area contributed by atoms with Crippen LogP contribution >= 0.6 is 11.9 Å². The van der Waals surface area contributed by atoms with Crippen LogP contribution in [0.5, 0.6) is 0 Å². The molecule has 7 nitrogen and oxygen atoms in total. The number of hydrogen-bond acceptors (Lipinski definition) is 6. The summed E-state index contributed by atoms with van der Waals surface area (Å²) < 4.78 is 4.51. The van der Waals surface area contributed by atoms with E-state index in [0.29, 0.717) is 23.2 Å². The van der Waals surface area contributed by atoms with Crippen LogP contribution in [0.2, 0.25) is 0 Å². The van der Waals surface area contributed by atoms with Crippen molar-refractivity contribution < 1.29 is 4.92 Å². The SMILES string of the molecule is O=[N+]([O-])c1ccccc1S/N=C1\N=C2N=CC=CN2Cc2ccccc21. The molecule has 0 aromatic heterocycles. The van der Waals surface area contributed by atoms with Gasteiger partial charge >= 0.3 is 0 Å². The number of aliphatic imine (C=N–C) groups is 2. The maximum atomic E-state index is 11.2. The largest absolute Gasteiger partial charge is 0.313 e. The highest BCUT2D eigenvalue weighted by atomic mass is 32.2. The van der Waals surface area contributed by atoms with Crippen LogP contribution in [0, 0.1) is 10.1 Å². The van der Waals surface area contributed by atoms with Gasteiger partial charge < -0.3 is 4.90 Å². The van der Waals surface area contributed by atoms with E-state index >= 15 is 0 Å². The average Bonchev–Trinajstić information content (AvgIpc) is 2.83. The fourth-order valence-electron chi connectivity index (χ4n) is 2.67. The monoisotopic (exact) mass is 363 g/mol. The molecule has 0 atom stereocenters. The second kappa shape index (κ2) is 6.93. The number of guanidine groups is 1. The lowest BCUT2D eigenvalue weighted by atomic mass is 10.1. The molecule has 2 aliphatic rings. The Kier molecular flexibility index (Phi) is 4.32. The first-order valence-electron chi connectivity index (χ1n) is 7.85. The average molecular weight is 363 g/mol. The van der Waals surface area contributed by atoms with Gasteiger partial charge in [0, 0.05) is 36.0 Å². The number of nitro benzene ring substituents is 1. The van der Waals surface area contributed by atoms with E-state index in [2.05, 4.69) is 14.4 Å². The van der Waals surface area contributed by atoms with Crippen LogP contribution in [0.1, 0.15) is 11.1 Å². The van der Waals surface area contributed by atoms with E-state index in [0.717, 1.165) is 23.1 Å². The van der Waals surface area contributed by atoms with Gasteiger partial charge in [-0.15, -0.1) is 0 Å². The highest BCUT2D eigenvalue weighted by Crippen LogP contribution is 2.31. The molecular weight excluding hydrogens is 350 g/mol. The third-order valence-corrected chi connectivity index (χ3v) is 4.70. The fourth-order valence-corrected chi connectivity index (χ4v) is 3.37. The minimum atomic E-state index is -0.409. The van der Waals surface area contributed by atoms with Crippen molar-refractivity contribution in [2.75, 3.05) is 0 Å². The van der Waals surface area contributed by atoms with Gasteiger partial charge in [0.05, 0.1) is 11.5 Å². The molecule has 0 fully saturated rings. The van der Waals surface area contributed by atoms with Gasteiger partial charge in [0.25, 0.3) is 5.69 Å². The number of nitro groups is 1. The zero-order chi connectivity index (χ0) is 17.9. The fraction of sp³-hybridized carbons (Fsp3) is 0.0556. The van der Waals surface area contributed by atoms with Crippen LogP contribution in [-0.2, 0) is 6.54 Å². The van der Waals surface area contributed by atoms with Gasteiger partial charge in [0.2, 0.25) is 5.96 Å². The minimum Gasteiger partial charge on any atom is -0.313 e. The van der Waals surface area contributed by atoms with Gasteiger partial charge in [-0.1, -0.05) is 36.4 Å². The molecule has 0 radical (unpaired) electrons. The molecule has 128 valence electrons. The summed E-state index contributed by atoms with van der Waals surface area (Å²) in [5.41, 5.74) is 1.98. The van der Waals surface area contributed by atoms with Gasteiger partial charge in [-0.2, -0.15) is 9.39 Å². The highest BCUT2D eigenvalue weighted by molar-refractivity contribution is 7.98. The lowest BCUT2D eigenvalue weighted by Crippen LogP contribution is -2.24. The number of nitrogens with zero attached hydrogens (tertiary/aromatic N) is 5. The summed E-state index contributed by atoms with van der Waals surface area (Å²) in [6, 6.07) is 14.4. The van der Waals surface area contributed by atoms with Crippen LogP contribution in [0.4, 0.5) is 5.69 Å². The molecule has 4 rings (SSSR count). The Morgan fingerprint density at radius 2 is 1.96 bits per heavy atom. The third kappa shape index (κ3) is 3.14. The zero-order valence-corrected chi connectivity index (χ0v) is 14.3. The molecule has 8 heteroatoms. The van der Waals surface area contributed by atoms with Gasteiger partial charge in [-0.25, -0.2) is 4.99 Å². The van der Waals surface area contributed by atoms with Crippen molar-refractivity contribution in [3.63, 3.8) is 0 Å². The Morgan fingerprint density at radius 3 is 2.85 bits per heavy atom. The molecule has 0 bridgehead atoms. The van der Waals surface area contributed by atoms with Gasteiger partial charge in [0.1, 0.15) is 4.90 Å². The number of amidine groups is 1. The molecule has 2 heterocycles. The zero-order valence-electron chi connectivity index (χ0n) is 13.5. The van der Waals surface area contributed by atoms with Crippen LogP contribution < -0.4 is 0 Å². The minimum absolute atomic E-state index is 0.0247. The molecule has 0 N–H and O–H groups in total. The molecule has 0 spiro atoms. The Morgan fingerprint density at radius 1 is 1.15 bits per heavy atom. The van der Waals surface area contributed by atoms with Gasteiger partial charge in [-0.05, 0) is 17.7 Å². The molecule has 0 amide bonds. The summed E-state index contributed by atoms with van der Waals surface area (Å²) >= 11 is 1.04. The van der Waals surface area contributed by atoms with E-state index in [-0.39, 0.29) is 5.69 Å². The number of hydrogen-bond donors (Lipinski definition) is 0. The third-order valence-electron chi connectivity index (χ3n) is 3.90. The van der Waals surface area contributed by atoms with E-state index < -0.39 is 4.92 Å². The smallest absolute Gasteiger partial charge is 0.284 e. The van der Waals surface area contributed by atoms with Crippen molar-refractivity contribution in [1.82, 2.24) is 4.90 Å². The van der Waals surface area contributed by atoms with Crippen molar-refractivity contribution in [3.05, 3.63) is 82.0 Å². The first-order valence-corrected chi connectivity index (χ1v) is 8.62. The number of para-hydroxylation sites is 1. The first-order chi connectivity index (χ1) is 12.7. The molecular formula is C18H13N5O2S. The van der Waals surface area contributed by atoms with Gasteiger partial charge in [0.15, 0.2) is 5.84 Å². The highest BCUT2D eigenvalue weighted by Gasteiger charge is 2.21. The molecule has 0 unspecified atom stereocenters. The molecule has 0 saturated carbocycles. The Balaban J connectivity index is 1.76. The van der Waals surface area contributed by atoms with Crippen LogP contribution in [0.15, 0.2) is 80.1 Å². The van der Waals surface area contributed by atoms with Crippen molar-refractivity contribution >= 4 is 35.6 Å². The summed E-state index contributed by atoms with van der Waals surface area (Å²) in [5.74, 6) is 1.04. The molecule has 2 aromatic rings. The number of rotatable bonds is 3. The summed E-state index contributed by atoms with van der Waals surface area (Å²) in [4.78, 5) is 22.1. The summed E-state index contributed by atoms with van der Waals surface area (Å²) in [6.45, 7) is 0.637. The second-order valence-corrected chi connectivity index (χ2v) is 6.35. The predicted octanol–water partition coefficient (Wildman–Crippen LogP) is 3.82. The van der Waals surface area contributed by atoms with Crippen molar-refractivity contribution in [2.24, 2.45) is 14.4 Å². The molecule has 26 heavy (non-hydrogen) atoms. The number of benzene rings is 2. The van der Waals surface area contributed by atoms with E-state index in [4.69, 9.17) is 0 Å². The van der Waals surface area contributed by atoms with E-state index in [1.54, 1.807) is 24.4 Å². The standard InChI is InChI=1S/C18H13N5O2S/c24-23(25)15-8-3-4-9-16(15)26-21-17-14-7-2-1-6-13(14)12-22-11-5-10-19-18(22)20-17/h1-11H,12H2/b21-17-. The van der Waals surface area contributed by atoms with Crippen LogP contribution in [-0.4, -0.2) is 27.8 Å².